The third-order valence-corrected chi connectivity index (χ3v) is 3.67. The predicted molar refractivity (Wildman–Crippen MR) is 68.3 cm³/mol. The van der Waals surface area contributed by atoms with Crippen molar-refractivity contribution < 1.29 is 9.28 Å². The topological polar surface area (TPSA) is 20.3 Å². The van der Waals surface area contributed by atoms with Crippen LogP contribution in [0.3, 0.4) is 0 Å². The summed E-state index contributed by atoms with van der Waals surface area (Å²) in [6.07, 6.45) is 0. The van der Waals surface area contributed by atoms with Crippen LogP contribution in [0.25, 0.3) is 0 Å². The van der Waals surface area contributed by atoms with E-state index in [1.807, 2.05) is 4.90 Å². The van der Waals surface area contributed by atoms with Crippen LogP contribution in [-0.2, 0) is 11.3 Å². The molecular weight excluding hydrogens is 212 g/mol. The molecule has 17 heavy (non-hydrogen) atoms. The van der Waals surface area contributed by atoms with Gasteiger partial charge in [-0.1, -0.05) is 30.3 Å². The third kappa shape index (κ3) is 3.07. The number of nitrogens with zero attached hydrogens (tertiary/aromatic N) is 2. The molecule has 0 atom stereocenters. The minimum Gasteiger partial charge on any atom is -0.332 e. The molecule has 3 heteroatoms. The molecule has 0 saturated carbocycles. The molecule has 1 aliphatic rings. The first-order chi connectivity index (χ1) is 8.09. The van der Waals surface area contributed by atoms with Crippen molar-refractivity contribution >= 4 is 5.91 Å². The fraction of sp³-hybridized carbons (Fsp3) is 0.500. The number of piperazine rings is 1. The molecule has 92 valence electrons. The van der Waals surface area contributed by atoms with Gasteiger partial charge in [-0.05, 0) is 0 Å². The minimum absolute atomic E-state index is 0.205. The standard InChI is InChI=1S/C14H21N2O/c1-13(17)15-8-10-16(2,11-9-15)12-14-6-4-3-5-7-14/h3-7H,8-12H2,1-2H3/q+1. The van der Waals surface area contributed by atoms with E-state index in [2.05, 4.69) is 37.4 Å². The van der Waals surface area contributed by atoms with Gasteiger partial charge in [0.2, 0.25) is 5.91 Å². The zero-order chi connectivity index (χ0) is 12.3. The van der Waals surface area contributed by atoms with Crippen molar-refractivity contribution in [2.75, 3.05) is 33.2 Å². The molecule has 0 N–H and O–H groups in total. The van der Waals surface area contributed by atoms with E-state index in [9.17, 15) is 4.79 Å². The fourth-order valence-corrected chi connectivity index (χ4v) is 2.45. The van der Waals surface area contributed by atoms with Crippen molar-refractivity contribution in [3.63, 3.8) is 0 Å². The molecule has 1 saturated heterocycles. The second-order valence-corrected chi connectivity index (χ2v) is 5.22. The van der Waals surface area contributed by atoms with Crippen molar-refractivity contribution in [2.24, 2.45) is 0 Å². The molecule has 0 radical (unpaired) electrons. The number of carbonyl (C=O) groups excluding carboxylic acids is 1. The first kappa shape index (κ1) is 12.1. The third-order valence-electron chi connectivity index (χ3n) is 3.67. The summed E-state index contributed by atoms with van der Waals surface area (Å²) in [5.74, 6) is 0.205. The number of rotatable bonds is 2. The first-order valence-corrected chi connectivity index (χ1v) is 6.22. The Labute approximate surface area is 103 Å². The van der Waals surface area contributed by atoms with Crippen molar-refractivity contribution in [2.45, 2.75) is 13.5 Å². The molecule has 1 fully saturated rings. The number of amides is 1. The number of benzene rings is 1. The van der Waals surface area contributed by atoms with Gasteiger partial charge in [0, 0.05) is 12.5 Å². The summed E-state index contributed by atoms with van der Waals surface area (Å²) in [7, 11) is 2.28. The van der Waals surface area contributed by atoms with E-state index in [0.29, 0.717) is 0 Å². The van der Waals surface area contributed by atoms with Gasteiger partial charge in [-0.15, -0.1) is 0 Å². The van der Waals surface area contributed by atoms with E-state index < -0.39 is 0 Å². The van der Waals surface area contributed by atoms with Crippen molar-refractivity contribution in [3.05, 3.63) is 35.9 Å². The molecule has 1 amide bonds. The predicted octanol–water partition coefficient (Wildman–Crippen LogP) is 1.50. The quantitative estimate of drug-likeness (QED) is 0.709. The maximum Gasteiger partial charge on any atom is 0.219 e. The summed E-state index contributed by atoms with van der Waals surface area (Å²) < 4.78 is 1.04. The summed E-state index contributed by atoms with van der Waals surface area (Å²) in [5, 5.41) is 0. The lowest BCUT2D eigenvalue weighted by molar-refractivity contribution is -0.926. The molecule has 1 heterocycles. The van der Waals surface area contributed by atoms with Gasteiger partial charge in [-0.25, -0.2) is 0 Å². The fourth-order valence-electron chi connectivity index (χ4n) is 2.45. The van der Waals surface area contributed by atoms with Gasteiger partial charge in [-0.2, -0.15) is 0 Å². The average molecular weight is 233 g/mol. The van der Waals surface area contributed by atoms with E-state index in [-0.39, 0.29) is 5.91 Å². The highest BCUT2D eigenvalue weighted by atomic mass is 16.2. The number of hydrogen-bond acceptors (Lipinski definition) is 1. The number of carbonyl (C=O) groups is 1. The lowest BCUT2D eigenvalue weighted by Gasteiger charge is -2.41. The first-order valence-electron chi connectivity index (χ1n) is 6.22. The summed E-state index contributed by atoms with van der Waals surface area (Å²) in [5.41, 5.74) is 1.38. The molecule has 1 aliphatic heterocycles. The highest BCUT2D eigenvalue weighted by Gasteiger charge is 2.29. The lowest BCUT2D eigenvalue weighted by atomic mass is 10.1. The second kappa shape index (κ2) is 4.88. The second-order valence-electron chi connectivity index (χ2n) is 5.22. The zero-order valence-corrected chi connectivity index (χ0v) is 10.7. The van der Waals surface area contributed by atoms with E-state index in [1.54, 1.807) is 6.92 Å². The van der Waals surface area contributed by atoms with Gasteiger partial charge in [0.15, 0.2) is 0 Å². The Morgan fingerprint density at radius 3 is 2.35 bits per heavy atom. The van der Waals surface area contributed by atoms with Crippen LogP contribution >= 0.6 is 0 Å². The molecule has 1 aromatic carbocycles. The molecular formula is C14H21N2O+. The normalized spacial score (nSPS) is 19.1. The maximum absolute atomic E-state index is 11.3. The molecule has 2 rings (SSSR count). The van der Waals surface area contributed by atoms with Gasteiger partial charge in [0.1, 0.15) is 6.54 Å². The molecule has 0 spiro atoms. The lowest BCUT2D eigenvalue weighted by Crippen LogP contribution is -2.57. The SMILES string of the molecule is CC(=O)N1CC[N+](C)(Cc2ccccc2)CC1. The van der Waals surface area contributed by atoms with Gasteiger partial charge in [0.25, 0.3) is 0 Å². The molecule has 3 nitrogen and oxygen atoms in total. The summed E-state index contributed by atoms with van der Waals surface area (Å²) in [4.78, 5) is 13.2. The van der Waals surface area contributed by atoms with Crippen LogP contribution in [0, 0.1) is 0 Å². The van der Waals surface area contributed by atoms with Crippen LogP contribution in [0.4, 0.5) is 0 Å². The molecule has 1 aromatic rings. The zero-order valence-electron chi connectivity index (χ0n) is 10.7. The van der Waals surface area contributed by atoms with Crippen LogP contribution in [0.1, 0.15) is 12.5 Å². The molecule has 0 unspecified atom stereocenters. The van der Waals surface area contributed by atoms with Gasteiger partial charge >= 0.3 is 0 Å². The average Bonchev–Trinajstić information content (AvgIpc) is 2.30. The van der Waals surface area contributed by atoms with Crippen LogP contribution in [-0.4, -0.2) is 48.5 Å². The Balaban J connectivity index is 1.96. The van der Waals surface area contributed by atoms with Gasteiger partial charge in [-0.3, -0.25) is 4.79 Å². The van der Waals surface area contributed by atoms with Crippen LogP contribution in [0.5, 0.6) is 0 Å². The van der Waals surface area contributed by atoms with Gasteiger partial charge in [0.05, 0.1) is 33.2 Å². The smallest absolute Gasteiger partial charge is 0.219 e. The van der Waals surface area contributed by atoms with E-state index in [0.717, 1.165) is 37.2 Å². The van der Waals surface area contributed by atoms with Crippen LogP contribution in [0.2, 0.25) is 0 Å². The molecule has 0 aliphatic carbocycles. The Kier molecular flexibility index (Phi) is 3.48. The largest absolute Gasteiger partial charge is 0.332 e. The maximum atomic E-state index is 11.3. The molecule has 0 bridgehead atoms. The van der Waals surface area contributed by atoms with Crippen LogP contribution in [0.15, 0.2) is 30.3 Å². The number of quaternary nitrogens is 1. The minimum atomic E-state index is 0.205. The Hall–Kier alpha value is -1.35. The van der Waals surface area contributed by atoms with Gasteiger partial charge < -0.3 is 9.38 Å². The van der Waals surface area contributed by atoms with E-state index in [1.165, 1.54) is 5.56 Å². The van der Waals surface area contributed by atoms with E-state index >= 15 is 0 Å². The number of likely N-dealkylation sites (N-methyl/N-ethyl adjacent to an activating group) is 1. The molecule has 0 aromatic heterocycles. The van der Waals surface area contributed by atoms with Crippen LogP contribution < -0.4 is 0 Å². The summed E-state index contributed by atoms with van der Waals surface area (Å²) in [6.45, 7) is 6.60. The summed E-state index contributed by atoms with van der Waals surface area (Å²) >= 11 is 0. The Morgan fingerprint density at radius 2 is 1.82 bits per heavy atom. The van der Waals surface area contributed by atoms with Crippen molar-refractivity contribution in [1.29, 1.82) is 0 Å². The summed E-state index contributed by atoms with van der Waals surface area (Å²) in [6, 6.07) is 10.6. The van der Waals surface area contributed by atoms with E-state index in [4.69, 9.17) is 0 Å². The monoisotopic (exact) mass is 233 g/mol. The Bertz CT molecular complexity index is 380. The Morgan fingerprint density at radius 1 is 1.24 bits per heavy atom. The highest BCUT2D eigenvalue weighted by Crippen LogP contribution is 2.15. The van der Waals surface area contributed by atoms with Crippen molar-refractivity contribution in [1.82, 2.24) is 4.90 Å². The highest BCUT2D eigenvalue weighted by molar-refractivity contribution is 5.73. The van der Waals surface area contributed by atoms with Crippen molar-refractivity contribution in [3.8, 4) is 0 Å². The number of hydrogen-bond donors (Lipinski definition) is 0.